The van der Waals surface area contributed by atoms with Crippen molar-refractivity contribution in [1.29, 1.82) is 5.26 Å². The number of amides is 2. The molecule has 0 spiro atoms. The lowest BCUT2D eigenvalue weighted by molar-refractivity contribution is 0.0554. The van der Waals surface area contributed by atoms with Crippen LogP contribution in [-0.2, 0) is 0 Å². The van der Waals surface area contributed by atoms with E-state index in [0.29, 0.717) is 17.7 Å². The van der Waals surface area contributed by atoms with Gasteiger partial charge in [0.05, 0.1) is 30.4 Å². The van der Waals surface area contributed by atoms with Crippen molar-refractivity contribution in [1.82, 2.24) is 9.80 Å². The monoisotopic (exact) mass is 257 g/mol. The van der Waals surface area contributed by atoms with Crippen molar-refractivity contribution >= 4 is 11.8 Å². The van der Waals surface area contributed by atoms with Gasteiger partial charge in [-0.1, -0.05) is 19.1 Å². The SMILES string of the molecule is CCCN(CC#N)CN1C(=O)c2ccccc2C1=O. The molecular weight excluding hydrogens is 242 g/mol. The van der Waals surface area contributed by atoms with Crippen LogP contribution >= 0.6 is 0 Å². The third-order valence-electron chi connectivity index (χ3n) is 3.05. The van der Waals surface area contributed by atoms with E-state index in [1.165, 1.54) is 4.90 Å². The van der Waals surface area contributed by atoms with Gasteiger partial charge in [-0.2, -0.15) is 5.26 Å². The minimum absolute atomic E-state index is 0.174. The van der Waals surface area contributed by atoms with Crippen LogP contribution in [0.25, 0.3) is 0 Å². The number of carbonyl (C=O) groups excluding carboxylic acids is 2. The average Bonchev–Trinajstić information content (AvgIpc) is 2.65. The number of imide groups is 1. The van der Waals surface area contributed by atoms with Crippen LogP contribution in [0.4, 0.5) is 0 Å². The van der Waals surface area contributed by atoms with Crippen LogP contribution in [0.2, 0.25) is 0 Å². The number of fused-ring (bicyclic) bond motifs is 1. The number of hydrogen-bond acceptors (Lipinski definition) is 4. The van der Waals surface area contributed by atoms with Gasteiger partial charge in [-0.25, -0.2) is 0 Å². The fourth-order valence-electron chi connectivity index (χ4n) is 2.18. The highest BCUT2D eigenvalue weighted by Crippen LogP contribution is 2.22. The molecule has 1 aromatic rings. The van der Waals surface area contributed by atoms with Gasteiger partial charge in [0.15, 0.2) is 0 Å². The van der Waals surface area contributed by atoms with Crippen LogP contribution in [0.3, 0.4) is 0 Å². The van der Waals surface area contributed by atoms with Gasteiger partial charge in [0.1, 0.15) is 0 Å². The van der Waals surface area contributed by atoms with Gasteiger partial charge in [0.2, 0.25) is 0 Å². The Morgan fingerprint density at radius 1 is 1.21 bits per heavy atom. The van der Waals surface area contributed by atoms with Gasteiger partial charge >= 0.3 is 0 Å². The summed E-state index contributed by atoms with van der Waals surface area (Å²) in [5.74, 6) is -0.556. The van der Waals surface area contributed by atoms with Crippen LogP contribution in [0.5, 0.6) is 0 Å². The van der Waals surface area contributed by atoms with Crippen molar-refractivity contribution in [3.05, 3.63) is 35.4 Å². The molecule has 1 aliphatic rings. The first-order valence-electron chi connectivity index (χ1n) is 6.23. The maximum atomic E-state index is 12.1. The van der Waals surface area contributed by atoms with E-state index in [1.54, 1.807) is 29.2 Å². The Bertz CT molecular complexity index is 513. The van der Waals surface area contributed by atoms with E-state index in [4.69, 9.17) is 5.26 Å². The Kier molecular flexibility index (Phi) is 3.93. The molecule has 0 saturated carbocycles. The molecule has 2 rings (SSSR count). The molecule has 0 aliphatic carbocycles. The quantitative estimate of drug-likeness (QED) is 0.592. The van der Waals surface area contributed by atoms with Crippen molar-refractivity contribution in [2.24, 2.45) is 0 Å². The second-order valence-electron chi connectivity index (χ2n) is 4.44. The molecule has 0 radical (unpaired) electrons. The minimum atomic E-state index is -0.278. The predicted octanol–water partition coefficient (Wildman–Crippen LogP) is 1.48. The molecule has 98 valence electrons. The third-order valence-corrected chi connectivity index (χ3v) is 3.05. The fraction of sp³-hybridized carbons (Fsp3) is 0.357. The summed E-state index contributed by atoms with van der Waals surface area (Å²) in [6, 6.07) is 8.85. The number of nitriles is 1. The lowest BCUT2D eigenvalue weighted by atomic mass is 10.1. The maximum Gasteiger partial charge on any atom is 0.262 e. The van der Waals surface area contributed by atoms with Crippen LogP contribution in [0.15, 0.2) is 24.3 Å². The molecule has 0 N–H and O–H groups in total. The molecular formula is C14H15N3O2. The molecule has 0 saturated heterocycles. The highest BCUT2D eigenvalue weighted by Gasteiger charge is 2.35. The second kappa shape index (κ2) is 5.63. The van der Waals surface area contributed by atoms with Crippen LogP contribution in [-0.4, -0.2) is 41.4 Å². The van der Waals surface area contributed by atoms with Gasteiger partial charge in [0, 0.05) is 6.54 Å². The zero-order valence-corrected chi connectivity index (χ0v) is 10.8. The van der Waals surface area contributed by atoms with E-state index in [0.717, 1.165) is 6.42 Å². The molecule has 0 bridgehead atoms. The van der Waals surface area contributed by atoms with Gasteiger partial charge in [-0.15, -0.1) is 0 Å². The Hall–Kier alpha value is -2.19. The molecule has 5 nitrogen and oxygen atoms in total. The van der Waals surface area contributed by atoms with Crippen LogP contribution in [0.1, 0.15) is 34.1 Å². The molecule has 0 fully saturated rings. The molecule has 0 atom stereocenters. The van der Waals surface area contributed by atoms with Crippen molar-refractivity contribution in [2.45, 2.75) is 13.3 Å². The third kappa shape index (κ3) is 2.49. The summed E-state index contributed by atoms with van der Waals surface area (Å²) in [5.41, 5.74) is 0.891. The van der Waals surface area contributed by atoms with Crippen molar-refractivity contribution in [3.8, 4) is 6.07 Å². The van der Waals surface area contributed by atoms with Crippen molar-refractivity contribution < 1.29 is 9.59 Å². The predicted molar refractivity (Wildman–Crippen MR) is 69.3 cm³/mol. The van der Waals surface area contributed by atoms with Crippen molar-refractivity contribution in [2.75, 3.05) is 19.8 Å². The Morgan fingerprint density at radius 2 is 1.79 bits per heavy atom. The first kappa shape index (κ1) is 13.2. The van der Waals surface area contributed by atoms with Gasteiger partial charge in [-0.3, -0.25) is 19.4 Å². The van der Waals surface area contributed by atoms with E-state index in [9.17, 15) is 9.59 Å². The lowest BCUT2D eigenvalue weighted by Gasteiger charge is -2.23. The number of nitrogens with zero attached hydrogens (tertiary/aromatic N) is 3. The molecule has 1 aliphatic heterocycles. The fourth-order valence-corrected chi connectivity index (χ4v) is 2.18. The number of rotatable bonds is 5. The van der Waals surface area contributed by atoms with E-state index in [-0.39, 0.29) is 25.0 Å². The molecule has 19 heavy (non-hydrogen) atoms. The highest BCUT2D eigenvalue weighted by atomic mass is 16.2. The Balaban J connectivity index is 2.17. The summed E-state index contributed by atoms with van der Waals surface area (Å²) in [6.45, 7) is 3.06. The van der Waals surface area contributed by atoms with Crippen molar-refractivity contribution in [3.63, 3.8) is 0 Å². The van der Waals surface area contributed by atoms with E-state index in [2.05, 4.69) is 6.07 Å². The first-order valence-corrected chi connectivity index (χ1v) is 6.23. The number of benzene rings is 1. The smallest absolute Gasteiger partial charge is 0.262 e. The summed E-state index contributed by atoms with van der Waals surface area (Å²) in [6.07, 6.45) is 0.866. The Labute approximate surface area is 112 Å². The lowest BCUT2D eigenvalue weighted by Crippen LogP contribution is -2.41. The van der Waals surface area contributed by atoms with E-state index >= 15 is 0 Å². The molecule has 5 heteroatoms. The summed E-state index contributed by atoms with van der Waals surface area (Å²) in [5, 5.41) is 8.76. The highest BCUT2D eigenvalue weighted by molar-refractivity contribution is 6.21. The van der Waals surface area contributed by atoms with Crippen LogP contribution in [0, 0.1) is 11.3 Å². The zero-order chi connectivity index (χ0) is 13.8. The molecule has 0 unspecified atom stereocenters. The van der Waals surface area contributed by atoms with Crippen LogP contribution < -0.4 is 0 Å². The van der Waals surface area contributed by atoms with E-state index < -0.39 is 0 Å². The Morgan fingerprint density at radius 3 is 2.26 bits per heavy atom. The summed E-state index contributed by atoms with van der Waals surface area (Å²) >= 11 is 0. The normalized spacial score (nSPS) is 13.8. The molecule has 1 aromatic carbocycles. The number of hydrogen-bond donors (Lipinski definition) is 0. The van der Waals surface area contributed by atoms with Gasteiger partial charge in [0.25, 0.3) is 11.8 Å². The summed E-state index contributed by atoms with van der Waals surface area (Å²) < 4.78 is 0. The summed E-state index contributed by atoms with van der Waals surface area (Å²) in [4.78, 5) is 27.3. The van der Waals surface area contributed by atoms with E-state index in [1.807, 2.05) is 6.92 Å². The zero-order valence-electron chi connectivity index (χ0n) is 10.8. The largest absolute Gasteiger partial charge is 0.272 e. The topological polar surface area (TPSA) is 64.4 Å². The van der Waals surface area contributed by atoms with Gasteiger partial charge < -0.3 is 0 Å². The number of carbonyl (C=O) groups is 2. The first-order chi connectivity index (χ1) is 9.19. The average molecular weight is 257 g/mol. The van der Waals surface area contributed by atoms with Gasteiger partial charge in [-0.05, 0) is 18.6 Å². The maximum absolute atomic E-state index is 12.1. The minimum Gasteiger partial charge on any atom is -0.272 e. The molecule has 1 heterocycles. The molecule has 2 amide bonds. The second-order valence-corrected chi connectivity index (χ2v) is 4.44. The summed E-state index contributed by atoms with van der Waals surface area (Å²) in [7, 11) is 0. The molecule has 0 aromatic heterocycles. The standard InChI is InChI=1S/C14H15N3O2/c1-2-8-16(9-7-15)10-17-13(18)11-5-3-4-6-12(11)14(17)19/h3-6H,2,8-10H2,1H3.